The fraction of sp³-hybridized carbons (Fsp3) is 0.640. The zero-order chi connectivity index (χ0) is 23.6. The first-order valence-electron chi connectivity index (χ1n) is 11.6. The van der Waals surface area contributed by atoms with Crippen LogP contribution in [0.5, 0.6) is 5.75 Å². The fourth-order valence-electron chi connectivity index (χ4n) is 4.42. The summed E-state index contributed by atoms with van der Waals surface area (Å²) >= 11 is 0. The number of nitrogens with zero attached hydrogens (tertiary/aromatic N) is 3. The van der Waals surface area contributed by atoms with Crippen LogP contribution in [0.4, 0.5) is 0 Å². The summed E-state index contributed by atoms with van der Waals surface area (Å²) in [5.41, 5.74) is 2.17. The maximum absolute atomic E-state index is 12.9. The largest absolute Gasteiger partial charge is 0.483 e. The lowest BCUT2D eigenvalue weighted by molar-refractivity contribution is -0.142. The Morgan fingerprint density at radius 1 is 1.09 bits per heavy atom. The van der Waals surface area contributed by atoms with Crippen molar-refractivity contribution >= 4 is 17.7 Å². The van der Waals surface area contributed by atoms with E-state index in [1.165, 1.54) is 0 Å². The molecule has 1 unspecified atom stereocenters. The average molecular weight is 444 g/mol. The van der Waals surface area contributed by atoms with Crippen LogP contribution in [0.2, 0.25) is 0 Å². The van der Waals surface area contributed by atoms with Gasteiger partial charge in [-0.05, 0) is 37.8 Å². The normalized spacial score (nSPS) is 19.7. The summed E-state index contributed by atoms with van der Waals surface area (Å²) in [7, 11) is 0. The van der Waals surface area contributed by atoms with Crippen LogP contribution < -0.4 is 4.74 Å². The molecule has 1 aromatic carbocycles. The standard InChI is InChI=1S/C25H37N3O4/c1-17(2)28-15-19(14-22(28)29)24(31)27-11-9-26(10-12-27)23(30)16-32-21-8-7-18(3)13-20(21)25(4,5)6/h7-8,13,17,19H,9-12,14-16H2,1-6H3. The Hall–Kier alpha value is -2.57. The molecular weight excluding hydrogens is 406 g/mol. The van der Waals surface area contributed by atoms with Crippen molar-refractivity contribution in [2.75, 3.05) is 39.3 Å². The zero-order valence-corrected chi connectivity index (χ0v) is 20.3. The summed E-state index contributed by atoms with van der Waals surface area (Å²) < 4.78 is 5.92. The molecule has 176 valence electrons. The molecule has 7 heteroatoms. The molecule has 2 saturated heterocycles. The molecule has 2 aliphatic rings. The smallest absolute Gasteiger partial charge is 0.260 e. The van der Waals surface area contributed by atoms with Gasteiger partial charge in [0.25, 0.3) is 5.91 Å². The Kier molecular flexibility index (Phi) is 7.16. The van der Waals surface area contributed by atoms with Crippen molar-refractivity contribution < 1.29 is 19.1 Å². The number of rotatable bonds is 5. The molecule has 0 aliphatic carbocycles. The van der Waals surface area contributed by atoms with Gasteiger partial charge in [0.05, 0.1) is 5.92 Å². The number of aryl methyl sites for hydroxylation is 1. The Morgan fingerprint density at radius 2 is 1.72 bits per heavy atom. The molecule has 0 spiro atoms. The second-order valence-electron chi connectivity index (χ2n) is 10.3. The van der Waals surface area contributed by atoms with E-state index < -0.39 is 0 Å². The SMILES string of the molecule is Cc1ccc(OCC(=O)N2CCN(C(=O)C3CC(=O)N(C(C)C)C3)CC2)c(C(C)(C)C)c1. The lowest BCUT2D eigenvalue weighted by Gasteiger charge is -2.36. The van der Waals surface area contributed by atoms with E-state index in [0.717, 1.165) is 16.9 Å². The Morgan fingerprint density at radius 3 is 2.28 bits per heavy atom. The second-order valence-corrected chi connectivity index (χ2v) is 10.3. The minimum absolute atomic E-state index is 0.0133. The lowest BCUT2D eigenvalue weighted by atomic mass is 9.85. The van der Waals surface area contributed by atoms with Crippen molar-refractivity contribution in [2.24, 2.45) is 5.92 Å². The fourth-order valence-corrected chi connectivity index (χ4v) is 4.42. The third-order valence-corrected chi connectivity index (χ3v) is 6.37. The summed E-state index contributed by atoms with van der Waals surface area (Å²) in [6.45, 7) is 14.8. The summed E-state index contributed by atoms with van der Waals surface area (Å²) in [5.74, 6) is 0.479. The molecule has 32 heavy (non-hydrogen) atoms. The van der Waals surface area contributed by atoms with Crippen LogP contribution in [-0.4, -0.2) is 77.8 Å². The number of hydrogen-bond donors (Lipinski definition) is 0. The van der Waals surface area contributed by atoms with Crippen LogP contribution in [0.25, 0.3) is 0 Å². The quantitative estimate of drug-likeness (QED) is 0.701. The van der Waals surface area contributed by atoms with Crippen LogP contribution in [0, 0.1) is 12.8 Å². The van der Waals surface area contributed by atoms with E-state index in [-0.39, 0.29) is 48.1 Å². The molecule has 3 rings (SSSR count). The van der Waals surface area contributed by atoms with Gasteiger partial charge in [-0.25, -0.2) is 0 Å². The van der Waals surface area contributed by atoms with Crippen LogP contribution in [-0.2, 0) is 19.8 Å². The van der Waals surface area contributed by atoms with Crippen molar-refractivity contribution in [3.8, 4) is 5.75 Å². The number of ether oxygens (including phenoxy) is 1. The molecule has 0 aromatic heterocycles. The third-order valence-electron chi connectivity index (χ3n) is 6.37. The highest BCUT2D eigenvalue weighted by molar-refractivity contribution is 5.89. The topological polar surface area (TPSA) is 70.2 Å². The molecule has 1 atom stereocenters. The maximum atomic E-state index is 12.9. The summed E-state index contributed by atoms with van der Waals surface area (Å²) in [6.07, 6.45) is 0.288. The molecule has 7 nitrogen and oxygen atoms in total. The minimum atomic E-state index is -0.271. The number of likely N-dealkylation sites (tertiary alicyclic amines) is 1. The molecular formula is C25H37N3O4. The number of benzene rings is 1. The first kappa shape index (κ1) is 24.1. The summed E-state index contributed by atoms with van der Waals surface area (Å²) in [5, 5.41) is 0. The maximum Gasteiger partial charge on any atom is 0.260 e. The van der Waals surface area contributed by atoms with Crippen molar-refractivity contribution in [3.63, 3.8) is 0 Å². The van der Waals surface area contributed by atoms with Crippen LogP contribution in [0.15, 0.2) is 18.2 Å². The van der Waals surface area contributed by atoms with E-state index in [9.17, 15) is 14.4 Å². The van der Waals surface area contributed by atoms with Crippen molar-refractivity contribution in [1.82, 2.24) is 14.7 Å². The van der Waals surface area contributed by atoms with E-state index in [1.807, 2.05) is 32.9 Å². The van der Waals surface area contributed by atoms with Crippen LogP contribution in [0.1, 0.15) is 52.2 Å². The number of piperazine rings is 1. The molecule has 0 N–H and O–H groups in total. The monoisotopic (exact) mass is 443 g/mol. The van der Waals surface area contributed by atoms with Gasteiger partial charge in [-0.2, -0.15) is 0 Å². The predicted octanol–water partition coefficient (Wildman–Crippen LogP) is 2.60. The molecule has 0 radical (unpaired) electrons. The zero-order valence-electron chi connectivity index (χ0n) is 20.3. The highest BCUT2D eigenvalue weighted by Crippen LogP contribution is 2.32. The predicted molar refractivity (Wildman–Crippen MR) is 123 cm³/mol. The van der Waals surface area contributed by atoms with Gasteiger partial charge in [-0.15, -0.1) is 0 Å². The number of hydrogen-bond acceptors (Lipinski definition) is 4. The number of carbonyl (C=O) groups excluding carboxylic acids is 3. The van der Waals surface area contributed by atoms with E-state index in [4.69, 9.17) is 4.74 Å². The van der Waals surface area contributed by atoms with Gasteiger partial charge in [0.2, 0.25) is 11.8 Å². The van der Waals surface area contributed by atoms with Crippen molar-refractivity contribution in [3.05, 3.63) is 29.3 Å². The van der Waals surface area contributed by atoms with E-state index in [0.29, 0.717) is 32.7 Å². The first-order valence-corrected chi connectivity index (χ1v) is 11.6. The molecule has 2 aliphatic heterocycles. The van der Waals surface area contributed by atoms with Gasteiger partial charge >= 0.3 is 0 Å². The number of amides is 3. The van der Waals surface area contributed by atoms with Crippen molar-refractivity contribution in [1.29, 1.82) is 0 Å². The van der Waals surface area contributed by atoms with E-state index in [2.05, 4.69) is 26.8 Å². The van der Waals surface area contributed by atoms with Gasteiger partial charge < -0.3 is 19.4 Å². The Bertz CT molecular complexity index is 866. The average Bonchev–Trinajstić information content (AvgIpc) is 3.13. The molecule has 2 heterocycles. The van der Waals surface area contributed by atoms with Crippen LogP contribution in [0.3, 0.4) is 0 Å². The van der Waals surface area contributed by atoms with Gasteiger partial charge in [0.15, 0.2) is 6.61 Å². The highest BCUT2D eigenvalue weighted by Gasteiger charge is 2.38. The van der Waals surface area contributed by atoms with E-state index >= 15 is 0 Å². The number of carbonyl (C=O) groups is 3. The van der Waals surface area contributed by atoms with Gasteiger partial charge in [0, 0.05) is 45.2 Å². The Labute approximate surface area is 191 Å². The van der Waals surface area contributed by atoms with E-state index in [1.54, 1.807) is 14.7 Å². The molecule has 2 fully saturated rings. The third kappa shape index (κ3) is 5.43. The van der Waals surface area contributed by atoms with Gasteiger partial charge in [-0.3, -0.25) is 14.4 Å². The van der Waals surface area contributed by atoms with Crippen LogP contribution >= 0.6 is 0 Å². The van der Waals surface area contributed by atoms with Gasteiger partial charge in [-0.1, -0.05) is 38.5 Å². The summed E-state index contributed by atoms with van der Waals surface area (Å²) in [6, 6.07) is 6.15. The molecule has 0 bridgehead atoms. The minimum Gasteiger partial charge on any atom is -0.483 e. The molecule has 3 amide bonds. The first-order chi connectivity index (χ1) is 15.0. The second kappa shape index (κ2) is 9.51. The lowest BCUT2D eigenvalue weighted by Crippen LogP contribution is -2.53. The Balaban J connectivity index is 1.51. The molecule has 1 aromatic rings. The van der Waals surface area contributed by atoms with Crippen molar-refractivity contribution in [2.45, 2.75) is 59.4 Å². The highest BCUT2D eigenvalue weighted by atomic mass is 16.5. The van der Waals surface area contributed by atoms with Gasteiger partial charge in [0.1, 0.15) is 5.75 Å². The molecule has 0 saturated carbocycles. The summed E-state index contributed by atoms with van der Waals surface area (Å²) in [4.78, 5) is 43.1.